The van der Waals surface area contributed by atoms with Gasteiger partial charge in [0, 0.05) is 11.7 Å². The Bertz CT molecular complexity index is 151. The first kappa shape index (κ1) is 9.90. The fraction of sp³-hybridized carbons (Fsp3) is 0.889. The maximum absolute atomic E-state index is 10.9. The Morgan fingerprint density at radius 2 is 2.00 bits per heavy atom. The molecule has 70 valence electrons. The summed E-state index contributed by atoms with van der Waals surface area (Å²) in [5.74, 6) is -0.0717. The van der Waals surface area contributed by atoms with Gasteiger partial charge in [-0.3, -0.25) is 4.79 Å². The summed E-state index contributed by atoms with van der Waals surface area (Å²) >= 11 is 4.37. The summed E-state index contributed by atoms with van der Waals surface area (Å²) < 4.78 is 5.22. The van der Waals surface area contributed by atoms with Crippen molar-refractivity contribution in [2.45, 2.75) is 50.4 Å². The molecule has 2 nitrogen and oxygen atoms in total. The SMILES string of the molecule is CCC(=O)OC1CCC(S)CC1. The third-order valence-electron chi connectivity index (χ3n) is 2.23. The molecular weight excluding hydrogens is 172 g/mol. The van der Waals surface area contributed by atoms with Crippen LogP contribution in [0.1, 0.15) is 39.0 Å². The molecule has 12 heavy (non-hydrogen) atoms. The molecular formula is C9H16O2S. The van der Waals surface area contributed by atoms with E-state index in [9.17, 15) is 4.79 Å². The highest BCUT2D eigenvalue weighted by atomic mass is 32.1. The van der Waals surface area contributed by atoms with Crippen molar-refractivity contribution in [3.05, 3.63) is 0 Å². The average Bonchev–Trinajstić information content (AvgIpc) is 2.09. The second-order valence-corrected chi connectivity index (χ2v) is 4.00. The van der Waals surface area contributed by atoms with Crippen LogP contribution in [0.15, 0.2) is 0 Å². The molecule has 0 atom stereocenters. The van der Waals surface area contributed by atoms with Crippen LogP contribution >= 0.6 is 12.6 Å². The molecule has 1 aliphatic rings. The standard InChI is InChI=1S/C9H16O2S/c1-2-9(10)11-7-3-5-8(12)6-4-7/h7-8,12H,2-6H2,1H3. The maximum atomic E-state index is 10.9. The minimum Gasteiger partial charge on any atom is -0.462 e. The van der Waals surface area contributed by atoms with Crippen molar-refractivity contribution in [3.8, 4) is 0 Å². The van der Waals surface area contributed by atoms with E-state index in [0.29, 0.717) is 11.7 Å². The van der Waals surface area contributed by atoms with Crippen LogP contribution in [-0.2, 0) is 9.53 Å². The van der Waals surface area contributed by atoms with E-state index in [-0.39, 0.29) is 12.1 Å². The van der Waals surface area contributed by atoms with Crippen LogP contribution in [0.3, 0.4) is 0 Å². The molecule has 0 aromatic heterocycles. The molecule has 1 rings (SSSR count). The Hall–Kier alpha value is -0.180. The molecule has 0 bridgehead atoms. The predicted octanol–water partition coefficient (Wildman–Crippen LogP) is 2.18. The number of carbonyl (C=O) groups excluding carboxylic acids is 1. The largest absolute Gasteiger partial charge is 0.462 e. The second-order valence-electron chi connectivity index (χ2n) is 3.27. The zero-order valence-electron chi connectivity index (χ0n) is 7.45. The molecule has 0 aliphatic heterocycles. The Kier molecular flexibility index (Phi) is 3.92. The highest BCUT2D eigenvalue weighted by Gasteiger charge is 2.20. The average molecular weight is 188 g/mol. The Labute approximate surface area is 79.1 Å². The molecule has 1 saturated carbocycles. The quantitative estimate of drug-likeness (QED) is 0.531. The lowest BCUT2D eigenvalue weighted by molar-refractivity contribution is -0.150. The number of esters is 1. The molecule has 0 unspecified atom stereocenters. The lowest BCUT2D eigenvalue weighted by Crippen LogP contribution is -2.24. The Morgan fingerprint density at radius 3 is 2.50 bits per heavy atom. The van der Waals surface area contributed by atoms with Gasteiger partial charge >= 0.3 is 5.97 Å². The number of rotatable bonds is 2. The van der Waals surface area contributed by atoms with Crippen molar-refractivity contribution in [1.82, 2.24) is 0 Å². The van der Waals surface area contributed by atoms with Crippen LogP contribution in [0, 0.1) is 0 Å². The number of hydrogen-bond acceptors (Lipinski definition) is 3. The molecule has 0 N–H and O–H groups in total. The fourth-order valence-corrected chi connectivity index (χ4v) is 1.73. The van der Waals surface area contributed by atoms with E-state index in [1.807, 2.05) is 6.92 Å². The monoisotopic (exact) mass is 188 g/mol. The molecule has 3 heteroatoms. The van der Waals surface area contributed by atoms with Gasteiger partial charge in [0.25, 0.3) is 0 Å². The first-order valence-electron chi connectivity index (χ1n) is 4.60. The van der Waals surface area contributed by atoms with Gasteiger partial charge in [-0.25, -0.2) is 0 Å². The summed E-state index contributed by atoms with van der Waals surface area (Å²) in [7, 11) is 0. The second kappa shape index (κ2) is 4.75. The van der Waals surface area contributed by atoms with Crippen LogP contribution in [0.25, 0.3) is 0 Å². The topological polar surface area (TPSA) is 26.3 Å². The number of thiol groups is 1. The summed E-state index contributed by atoms with van der Waals surface area (Å²) in [4.78, 5) is 10.9. The molecule has 0 radical (unpaired) electrons. The van der Waals surface area contributed by atoms with Crippen molar-refractivity contribution in [1.29, 1.82) is 0 Å². The van der Waals surface area contributed by atoms with Crippen LogP contribution in [0.2, 0.25) is 0 Å². The van der Waals surface area contributed by atoms with Gasteiger partial charge in [0.05, 0.1) is 0 Å². The van der Waals surface area contributed by atoms with Gasteiger partial charge in [-0.1, -0.05) is 6.92 Å². The molecule has 0 aromatic rings. The molecule has 0 amide bonds. The van der Waals surface area contributed by atoms with Crippen LogP contribution in [-0.4, -0.2) is 17.3 Å². The third-order valence-corrected chi connectivity index (χ3v) is 2.75. The minimum atomic E-state index is -0.0717. The summed E-state index contributed by atoms with van der Waals surface area (Å²) in [5, 5.41) is 0.515. The van der Waals surface area contributed by atoms with Crippen molar-refractivity contribution in [2.24, 2.45) is 0 Å². The van der Waals surface area contributed by atoms with E-state index in [1.165, 1.54) is 0 Å². The summed E-state index contributed by atoms with van der Waals surface area (Å²) in [6, 6.07) is 0. The molecule has 1 fully saturated rings. The van der Waals surface area contributed by atoms with Crippen molar-refractivity contribution < 1.29 is 9.53 Å². The first-order chi connectivity index (χ1) is 5.72. The number of carbonyl (C=O) groups is 1. The summed E-state index contributed by atoms with van der Waals surface area (Å²) in [5.41, 5.74) is 0. The van der Waals surface area contributed by atoms with E-state index >= 15 is 0 Å². The fourth-order valence-electron chi connectivity index (χ4n) is 1.43. The number of hydrogen-bond donors (Lipinski definition) is 1. The molecule has 0 spiro atoms. The zero-order valence-corrected chi connectivity index (χ0v) is 8.35. The van der Waals surface area contributed by atoms with Gasteiger partial charge in [-0.05, 0) is 25.7 Å². The van der Waals surface area contributed by atoms with Gasteiger partial charge in [-0.2, -0.15) is 12.6 Å². The summed E-state index contributed by atoms with van der Waals surface area (Å²) in [6.45, 7) is 1.83. The molecule has 0 saturated heterocycles. The minimum absolute atomic E-state index is 0.0717. The van der Waals surface area contributed by atoms with Gasteiger partial charge < -0.3 is 4.74 Å². The van der Waals surface area contributed by atoms with Crippen molar-refractivity contribution in [3.63, 3.8) is 0 Å². The highest BCUT2D eigenvalue weighted by molar-refractivity contribution is 7.80. The lowest BCUT2D eigenvalue weighted by atomic mass is 9.97. The highest BCUT2D eigenvalue weighted by Crippen LogP contribution is 2.24. The van der Waals surface area contributed by atoms with Crippen molar-refractivity contribution in [2.75, 3.05) is 0 Å². The normalized spacial score (nSPS) is 29.8. The van der Waals surface area contributed by atoms with E-state index in [1.54, 1.807) is 0 Å². The Morgan fingerprint density at radius 1 is 1.42 bits per heavy atom. The van der Waals surface area contributed by atoms with Gasteiger partial charge in [-0.15, -0.1) is 0 Å². The Balaban J connectivity index is 2.21. The van der Waals surface area contributed by atoms with Crippen LogP contribution < -0.4 is 0 Å². The van der Waals surface area contributed by atoms with Crippen molar-refractivity contribution >= 4 is 18.6 Å². The van der Waals surface area contributed by atoms with E-state index in [4.69, 9.17) is 4.74 Å². The predicted molar refractivity (Wildman–Crippen MR) is 51.4 cm³/mol. The molecule has 0 heterocycles. The molecule has 0 aromatic carbocycles. The first-order valence-corrected chi connectivity index (χ1v) is 5.11. The maximum Gasteiger partial charge on any atom is 0.305 e. The number of ether oxygens (including phenoxy) is 1. The van der Waals surface area contributed by atoms with E-state index < -0.39 is 0 Å². The third kappa shape index (κ3) is 3.05. The molecule has 1 aliphatic carbocycles. The zero-order chi connectivity index (χ0) is 8.97. The van der Waals surface area contributed by atoms with Gasteiger partial charge in [0.1, 0.15) is 6.10 Å². The summed E-state index contributed by atoms with van der Waals surface area (Å²) in [6.07, 6.45) is 4.77. The van der Waals surface area contributed by atoms with E-state index in [0.717, 1.165) is 25.7 Å². The smallest absolute Gasteiger partial charge is 0.305 e. The van der Waals surface area contributed by atoms with E-state index in [2.05, 4.69) is 12.6 Å². The van der Waals surface area contributed by atoms with Crippen LogP contribution in [0.5, 0.6) is 0 Å². The van der Waals surface area contributed by atoms with Gasteiger partial charge in [0.2, 0.25) is 0 Å². The van der Waals surface area contributed by atoms with Gasteiger partial charge in [0.15, 0.2) is 0 Å². The lowest BCUT2D eigenvalue weighted by Gasteiger charge is -2.25. The van der Waals surface area contributed by atoms with Crippen LogP contribution in [0.4, 0.5) is 0 Å².